The number of methoxy groups -OCH3 is 3. The van der Waals surface area contributed by atoms with E-state index >= 15 is 0 Å². The minimum absolute atomic E-state index is 0.271. The molecule has 0 aromatic heterocycles. The number of aliphatic hydroxyl groups is 1. The molecule has 0 spiro atoms. The smallest absolute Gasteiger partial charge is 0.229 e. The third-order valence-corrected chi connectivity index (χ3v) is 3.62. The molecule has 3 N–H and O–H groups in total. The fourth-order valence-electron chi connectivity index (χ4n) is 2.51. The van der Waals surface area contributed by atoms with Crippen molar-refractivity contribution in [1.82, 2.24) is 0 Å². The molecule has 0 aliphatic carbocycles. The molecule has 0 bridgehead atoms. The van der Waals surface area contributed by atoms with Gasteiger partial charge in [0.2, 0.25) is 6.29 Å². The van der Waals surface area contributed by atoms with Crippen molar-refractivity contribution in [2.24, 2.45) is 0 Å². The molecule has 5 unspecified atom stereocenters. The topological polar surface area (TPSA) is 92.4 Å². The molecule has 1 saturated heterocycles. The van der Waals surface area contributed by atoms with Crippen molar-refractivity contribution in [2.75, 3.05) is 33.7 Å². The monoisotopic (exact) mass is 313 g/mol. The molecule has 0 amide bonds. The highest BCUT2D eigenvalue weighted by atomic mass is 16.7. The Morgan fingerprint density at radius 3 is 2.27 bits per heavy atom. The Balaban J connectivity index is 2.15. The Labute approximate surface area is 129 Å². The van der Waals surface area contributed by atoms with Gasteiger partial charge in [0.15, 0.2) is 0 Å². The lowest BCUT2D eigenvalue weighted by atomic mass is 9.99. The second-order valence-corrected chi connectivity index (χ2v) is 5.08. The maximum atomic E-state index is 10.4. The number of aliphatic hydroxyl groups excluding tert-OH is 1. The van der Waals surface area contributed by atoms with Gasteiger partial charge in [0.25, 0.3) is 0 Å². The van der Waals surface area contributed by atoms with E-state index in [1.807, 2.05) is 0 Å². The number of ether oxygens (including phenoxy) is 5. The molecule has 1 aliphatic rings. The normalized spacial score (nSPS) is 31.9. The van der Waals surface area contributed by atoms with E-state index in [-0.39, 0.29) is 6.61 Å². The van der Waals surface area contributed by atoms with Gasteiger partial charge in [-0.2, -0.15) is 0 Å². The summed E-state index contributed by atoms with van der Waals surface area (Å²) in [6, 6.07) is 6.90. The fourth-order valence-corrected chi connectivity index (χ4v) is 2.51. The van der Waals surface area contributed by atoms with Crippen LogP contribution >= 0.6 is 0 Å². The van der Waals surface area contributed by atoms with E-state index in [1.165, 1.54) is 14.2 Å². The molecular weight excluding hydrogens is 290 g/mol. The van der Waals surface area contributed by atoms with Gasteiger partial charge >= 0.3 is 0 Å². The minimum Gasteiger partial charge on any atom is -0.462 e. The molecule has 2 rings (SSSR count). The summed E-state index contributed by atoms with van der Waals surface area (Å²) in [5.41, 5.74) is 6.28. The van der Waals surface area contributed by atoms with Crippen molar-refractivity contribution in [3.63, 3.8) is 0 Å². The van der Waals surface area contributed by atoms with Gasteiger partial charge in [-0.3, -0.25) is 0 Å². The molecule has 1 aromatic carbocycles. The largest absolute Gasteiger partial charge is 0.462 e. The maximum Gasteiger partial charge on any atom is 0.229 e. The Morgan fingerprint density at radius 1 is 1.09 bits per heavy atom. The van der Waals surface area contributed by atoms with E-state index in [2.05, 4.69) is 0 Å². The molecule has 5 atom stereocenters. The van der Waals surface area contributed by atoms with Gasteiger partial charge in [-0.05, 0) is 24.3 Å². The summed E-state index contributed by atoms with van der Waals surface area (Å²) < 4.78 is 27.4. The van der Waals surface area contributed by atoms with Crippen molar-refractivity contribution in [1.29, 1.82) is 0 Å². The molecule has 7 heteroatoms. The first-order valence-electron chi connectivity index (χ1n) is 7.01. The van der Waals surface area contributed by atoms with E-state index in [0.29, 0.717) is 11.4 Å². The van der Waals surface area contributed by atoms with Gasteiger partial charge in [0.1, 0.15) is 30.2 Å². The Kier molecular flexibility index (Phi) is 5.98. The Hall–Kier alpha value is -1.38. The summed E-state index contributed by atoms with van der Waals surface area (Å²) >= 11 is 0. The summed E-state index contributed by atoms with van der Waals surface area (Å²) in [7, 11) is 4.55. The van der Waals surface area contributed by atoms with Gasteiger partial charge in [-0.25, -0.2) is 0 Å². The molecule has 1 heterocycles. The van der Waals surface area contributed by atoms with Crippen molar-refractivity contribution in [3.8, 4) is 5.75 Å². The van der Waals surface area contributed by atoms with Crippen LogP contribution in [0.25, 0.3) is 0 Å². The zero-order valence-corrected chi connectivity index (χ0v) is 13.0. The van der Waals surface area contributed by atoms with Gasteiger partial charge in [0, 0.05) is 27.0 Å². The lowest BCUT2D eigenvalue weighted by Crippen LogP contribution is -2.61. The van der Waals surface area contributed by atoms with E-state index in [9.17, 15) is 5.11 Å². The lowest BCUT2D eigenvalue weighted by molar-refractivity contribution is -0.288. The first kappa shape index (κ1) is 17.0. The zero-order valence-electron chi connectivity index (χ0n) is 13.0. The average molecular weight is 313 g/mol. The van der Waals surface area contributed by atoms with E-state index in [0.717, 1.165) is 0 Å². The predicted molar refractivity (Wildman–Crippen MR) is 79.6 cm³/mol. The van der Waals surface area contributed by atoms with Crippen molar-refractivity contribution < 1.29 is 28.8 Å². The lowest BCUT2D eigenvalue weighted by Gasteiger charge is -2.42. The van der Waals surface area contributed by atoms with Crippen LogP contribution < -0.4 is 10.5 Å². The van der Waals surface area contributed by atoms with Crippen LogP contribution in [-0.2, 0) is 18.9 Å². The SMILES string of the molecule is COCC1OC(Oc2ccc(N)cc2)C(OC)C(O)C1OC. The van der Waals surface area contributed by atoms with Crippen LogP contribution in [0.15, 0.2) is 24.3 Å². The number of rotatable bonds is 6. The number of nitrogen functional groups attached to an aromatic ring is 1. The molecule has 22 heavy (non-hydrogen) atoms. The Bertz CT molecular complexity index is 452. The fraction of sp³-hybridized carbons (Fsp3) is 0.600. The number of benzene rings is 1. The first-order chi connectivity index (χ1) is 10.6. The molecule has 1 fully saturated rings. The number of nitrogens with two attached hydrogens (primary N) is 1. The highest BCUT2D eigenvalue weighted by Gasteiger charge is 2.47. The van der Waals surface area contributed by atoms with E-state index < -0.39 is 30.7 Å². The van der Waals surface area contributed by atoms with Gasteiger partial charge in [-0.1, -0.05) is 0 Å². The third kappa shape index (κ3) is 3.68. The van der Waals surface area contributed by atoms with Crippen LogP contribution in [0.5, 0.6) is 5.75 Å². The summed E-state index contributed by atoms with van der Waals surface area (Å²) in [4.78, 5) is 0. The quantitative estimate of drug-likeness (QED) is 0.735. The molecular formula is C15H23NO6. The summed E-state index contributed by atoms with van der Waals surface area (Å²) in [5.74, 6) is 0.570. The van der Waals surface area contributed by atoms with E-state index in [4.69, 9.17) is 29.4 Å². The van der Waals surface area contributed by atoms with Crippen LogP contribution in [0, 0.1) is 0 Å². The van der Waals surface area contributed by atoms with E-state index in [1.54, 1.807) is 31.4 Å². The van der Waals surface area contributed by atoms with Crippen LogP contribution in [-0.4, -0.2) is 63.7 Å². The molecule has 1 aromatic rings. The van der Waals surface area contributed by atoms with Gasteiger partial charge < -0.3 is 34.5 Å². The number of hydrogen-bond acceptors (Lipinski definition) is 7. The maximum absolute atomic E-state index is 10.4. The summed E-state index contributed by atoms with van der Waals surface area (Å²) in [6.07, 6.45) is -3.39. The average Bonchev–Trinajstić information content (AvgIpc) is 2.50. The molecule has 0 radical (unpaired) electrons. The highest BCUT2D eigenvalue weighted by Crippen LogP contribution is 2.27. The van der Waals surface area contributed by atoms with Crippen molar-refractivity contribution >= 4 is 5.69 Å². The second-order valence-electron chi connectivity index (χ2n) is 5.08. The highest BCUT2D eigenvalue weighted by molar-refractivity contribution is 5.41. The van der Waals surface area contributed by atoms with Gasteiger partial charge in [-0.15, -0.1) is 0 Å². The minimum atomic E-state index is -0.900. The zero-order chi connectivity index (χ0) is 16.1. The number of anilines is 1. The molecule has 124 valence electrons. The van der Waals surface area contributed by atoms with Crippen LogP contribution in [0.4, 0.5) is 5.69 Å². The van der Waals surface area contributed by atoms with Crippen LogP contribution in [0.1, 0.15) is 0 Å². The summed E-state index contributed by atoms with van der Waals surface area (Å²) in [6.45, 7) is 0.271. The predicted octanol–water partition coefficient (Wildman–Crippen LogP) is 0.410. The number of hydrogen-bond donors (Lipinski definition) is 2. The molecule has 7 nitrogen and oxygen atoms in total. The summed E-state index contributed by atoms with van der Waals surface area (Å²) in [5, 5.41) is 10.4. The Morgan fingerprint density at radius 2 is 1.73 bits per heavy atom. The first-order valence-corrected chi connectivity index (χ1v) is 7.01. The molecule has 0 saturated carbocycles. The van der Waals surface area contributed by atoms with Crippen molar-refractivity contribution in [3.05, 3.63) is 24.3 Å². The standard InChI is InChI=1S/C15H23NO6/c1-18-8-11-13(19-2)12(17)14(20-3)15(22-11)21-10-6-4-9(16)5-7-10/h4-7,11-15,17H,8,16H2,1-3H3. The third-order valence-electron chi connectivity index (χ3n) is 3.62. The van der Waals surface area contributed by atoms with Crippen LogP contribution in [0.3, 0.4) is 0 Å². The van der Waals surface area contributed by atoms with Crippen molar-refractivity contribution in [2.45, 2.75) is 30.7 Å². The van der Waals surface area contributed by atoms with Gasteiger partial charge in [0.05, 0.1) is 6.61 Å². The molecule has 1 aliphatic heterocycles. The van der Waals surface area contributed by atoms with Crippen LogP contribution in [0.2, 0.25) is 0 Å². The second kappa shape index (κ2) is 7.75.